The van der Waals surface area contributed by atoms with Crippen molar-refractivity contribution in [2.24, 2.45) is 0 Å². The van der Waals surface area contributed by atoms with Crippen LogP contribution in [-0.2, 0) is 23.8 Å². The van der Waals surface area contributed by atoms with E-state index in [9.17, 15) is 26.3 Å². The number of nitrogens with zero attached hydrogens (tertiary/aromatic N) is 5. The van der Waals surface area contributed by atoms with Crippen LogP contribution in [0.3, 0.4) is 0 Å². The van der Waals surface area contributed by atoms with Crippen LogP contribution in [0, 0.1) is 0 Å². The summed E-state index contributed by atoms with van der Waals surface area (Å²) in [6.07, 6.45) is -8.47. The first-order valence-corrected chi connectivity index (χ1v) is 10.1. The highest BCUT2D eigenvalue weighted by molar-refractivity contribution is 5.58. The molecule has 0 atom stereocenters. The Labute approximate surface area is 199 Å². The minimum Gasteiger partial charge on any atom is -0.324 e. The van der Waals surface area contributed by atoms with Gasteiger partial charge in [0.2, 0.25) is 5.95 Å². The number of rotatable bonds is 7. The van der Waals surface area contributed by atoms with E-state index in [0.29, 0.717) is 0 Å². The van der Waals surface area contributed by atoms with E-state index in [4.69, 9.17) is 4.84 Å². The predicted molar refractivity (Wildman–Crippen MR) is 115 cm³/mol. The van der Waals surface area contributed by atoms with Crippen molar-refractivity contribution in [3.05, 3.63) is 83.8 Å². The summed E-state index contributed by atoms with van der Waals surface area (Å²) in [5.41, 5.74) is 0.621. The average Bonchev–Trinajstić information content (AvgIpc) is 2.84. The number of alkyl halides is 6. The summed E-state index contributed by atoms with van der Waals surface area (Å²) in [5, 5.41) is 2.57. The Morgan fingerprint density at radius 1 is 0.722 bits per heavy atom. The molecule has 0 aliphatic rings. The minimum atomic E-state index is -4.71. The van der Waals surface area contributed by atoms with Crippen molar-refractivity contribution in [1.82, 2.24) is 24.9 Å². The second-order valence-corrected chi connectivity index (χ2v) is 7.14. The van der Waals surface area contributed by atoms with E-state index in [-0.39, 0.29) is 35.7 Å². The van der Waals surface area contributed by atoms with Crippen LogP contribution in [0.1, 0.15) is 17.0 Å². The normalized spacial score (nSPS) is 11.8. The van der Waals surface area contributed by atoms with Crippen LogP contribution in [0.4, 0.5) is 43.9 Å². The highest BCUT2D eigenvalue weighted by atomic mass is 19.4. The largest absolute Gasteiger partial charge is 0.433 e. The second-order valence-electron chi connectivity index (χ2n) is 7.14. The third kappa shape index (κ3) is 6.41. The molecule has 4 aromatic rings. The number of nitrogens with one attached hydrogen (secondary N) is 2. The summed E-state index contributed by atoms with van der Waals surface area (Å²) >= 11 is 0. The number of aromatic nitrogens is 5. The molecule has 3 aromatic heterocycles. The molecule has 1 aromatic carbocycles. The van der Waals surface area contributed by atoms with Gasteiger partial charge < -0.3 is 5.32 Å². The number of halogens is 6. The molecule has 0 spiro atoms. The first-order chi connectivity index (χ1) is 17.1. The lowest BCUT2D eigenvalue weighted by atomic mass is 10.2. The summed E-state index contributed by atoms with van der Waals surface area (Å²) < 4.78 is 78.4. The van der Waals surface area contributed by atoms with Crippen LogP contribution in [0.5, 0.6) is 0 Å². The lowest BCUT2D eigenvalue weighted by molar-refractivity contribution is -0.141. The molecule has 3 heterocycles. The average molecular weight is 507 g/mol. The van der Waals surface area contributed by atoms with Crippen molar-refractivity contribution >= 4 is 17.6 Å². The molecule has 36 heavy (non-hydrogen) atoms. The van der Waals surface area contributed by atoms with E-state index in [1.807, 2.05) is 6.07 Å². The Kier molecular flexibility index (Phi) is 6.96. The smallest absolute Gasteiger partial charge is 0.324 e. The molecule has 14 heteroatoms. The minimum absolute atomic E-state index is 0.0670. The molecule has 0 amide bonds. The van der Waals surface area contributed by atoms with Gasteiger partial charge in [-0.05, 0) is 29.8 Å². The molecule has 0 bridgehead atoms. The SMILES string of the molecule is FC(F)(F)c1cc(Nc2nc(NOCc3ccccc3)nc(-c3cccc(C(F)(F)F)n3)n2)ccn1. The zero-order chi connectivity index (χ0) is 25.8. The van der Waals surface area contributed by atoms with E-state index < -0.39 is 23.7 Å². The Morgan fingerprint density at radius 2 is 1.44 bits per heavy atom. The van der Waals surface area contributed by atoms with E-state index in [2.05, 4.69) is 35.7 Å². The first kappa shape index (κ1) is 24.8. The molecule has 0 fully saturated rings. The van der Waals surface area contributed by atoms with Crippen molar-refractivity contribution in [1.29, 1.82) is 0 Å². The highest BCUT2D eigenvalue weighted by Crippen LogP contribution is 2.31. The van der Waals surface area contributed by atoms with E-state index in [0.717, 1.165) is 30.0 Å². The summed E-state index contributed by atoms with van der Waals surface area (Å²) in [7, 11) is 0. The third-order valence-electron chi connectivity index (χ3n) is 4.46. The topological polar surface area (TPSA) is 97.7 Å². The van der Waals surface area contributed by atoms with Gasteiger partial charge in [0.15, 0.2) is 5.82 Å². The number of hydrogen-bond acceptors (Lipinski definition) is 8. The zero-order valence-electron chi connectivity index (χ0n) is 18.0. The van der Waals surface area contributed by atoms with Crippen LogP contribution >= 0.6 is 0 Å². The zero-order valence-corrected chi connectivity index (χ0v) is 18.0. The summed E-state index contributed by atoms with van der Waals surface area (Å²) in [5.74, 6) is -0.776. The quantitative estimate of drug-likeness (QED) is 0.245. The maximum absolute atomic E-state index is 13.1. The van der Waals surface area contributed by atoms with Crippen LogP contribution in [0.2, 0.25) is 0 Å². The molecule has 0 unspecified atom stereocenters. The van der Waals surface area contributed by atoms with E-state index >= 15 is 0 Å². The maximum atomic E-state index is 13.1. The lowest BCUT2D eigenvalue weighted by Gasteiger charge is -2.12. The van der Waals surface area contributed by atoms with Crippen LogP contribution in [0.15, 0.2) is 66.9 Å². The molecule has 8 nitrogen and oxygen atoms in total. The Balaban J connectivity index is 1.65. The first-order valence-electron chi connectivity index (χ1n) is 10.1. The van der Waals surface area contributed by atoms with Crippen LogP contribution < -0.4 is 10.8 Å². The summed E-state index contributed by atoms with van der Waals surface area (Å²) in [4.78, 5) is 24.3. The fourth-order valence-electron chi connectivity index (χ4n) is 2.86. The summed E-state index contributed by atoms with van der Waals surface area (Å²) in [6, 6.07) is 14.1. The monoisotopic (exact) mass is 507 g/mol. The van der Waals surface area contributed by atoms with Gasteiger partial charge in [-0.1, -0.05) is 36.4 Å². The molecule has 0 aliphatic heterocycles. The molecule has 0 aliphatic carbocycles. The highest BCUT2D eigenvalue weighted by Gasteiger charge is 2.33. The predicted octanol–water partition coefficient (Wildman–Crippen LogP) is 5.65. The Bertz CT molecular complexity index is 1330. The van der Waals surface area contributed by atoms with Gasteiger partial charge in [0, 0.05) is 11.9 Å². The van der Waals surface area contributed by atoms with Gasteiger partial charge in [0.25, 0.3) is 5.95 Å². The van der Waals surface area contributed by atoms with Gasteiger partial charge >= 0.3 is 12.4 Å². The summed E-state index contributed by atoms with van der Waals surface area (Å²) in [6.45, 7) is 0.0890. The van der Waals surface area contributed by atoms with Crippen LogP contribution in [-0.4, -0.2) is 24.9 Å². The molecule has 0 radical (unpaired) electrons. The molecule has 4 rings (SSSR count). The lowest BCUT2D eigenvalue weighted by Crippen LogP contribution is -2.12. The molecular weight excluding hydrogens is 492 g/mol. The fourth-order valence-corrected chi connectivity index (χ4v) is 2.86. The van der Waals surface area contributed by atoms with Crippen molar-refractivity contribution in [2.45, 2.75) is 19.0 Å². The van der Waals surface area contributed by atoms with Crippen molar-refractivity contribution in [2.75, 3.05) is 10.8 Å². The van der Waals surface area contributed by atoms with Gasteiger partial charge in [0.1, 0.15) is 17.1 Å². The molecular formula is C22H15F6N7O. The molecule has 186 valence electrons. The van der Waals surface area contributed by atoms with Crippen molar-refractivity contribution < 1.29 is 31.2 Å². The number of pyridine rings is 2. The third-order valence-corrected chi connectivity index (χ3v) is 4.46. The van der Waals surface area contributed by atoms with Gasteiger partial charge in [-0.25, -0.2) is 10.5 Å². The number of hydrogen-bond donors (Lipinski definition) is 2. The number of benzene rings is 1. The van der Waals surface area contributed by atoms with E-state index in [1.165, 1.54) is 12.1 Å². The van der Waals surface area contributed by atoms with Gasteiger partial charge in [-0.2, -0.15) is 41.3 Å². The van der Waals surface area contributed by atoms with Crippen LogP contribution in [0.25, 0.3) is 11.5 Å². The fraction of sp³-hybridized carbons (Fsp3) is 0.136. The standard InChI is InChI=1S/C22H15F6N7O/c23-21(24,25)16-8-4-7-15(31-16)18-32-19(30-14-9-10-29-17(11-14)22(26,27)28)34-20(33-18)35-36-12-13-5-2-1-3-6-13/h1-11H,12H2,(H2,29,30,32,33,34,35). The van der Waals surface area contributed by atoms with Gasteiger partial charge in [-0.3, -0.25) is 9.82 Å². The van der Waals surface area contributed by atoms with E-state index in [1.54, 1.807) is 24.3 Å². The van der Waals surface area contributed by atoms with Gasteiger partial charge in [-0.15, -0.1) is 0 Å². The maximum Gasteiger partial charge on any atom is 0.433 e. The molecule has 2 N–H and O–H groups in total. The Hall–Kier alpha value is -4.33. The van der Waals surface area contributed by atoms with Crippen molar-refractivity contribution in [3.8, 4) is 11.5 Å². The Morgan fingerprint density at radius 3 is 2.17 bits per heavy atom. The van der Waals surface area contributed by atoms with Crippen molar-refractivity contribution in [3.63, 3.8) is 0 Å². The molecule has 0 saturated carbocycles. The van der Waals surface area contributed by atoms with Gasteiger partial charge in [0.05, 0.1) is 6.61 Å². The molecule has 0 saturated heterocycles. The number of anilines is 3. The second kappa shape index (κ2) is 10.1.